The average Bonchev–Trinajstić information content (AvgIpc) is 2.67. The van der Waals surface area contributed by atoms with Crippen LogP contribution in [-0.4, -0.2) is 29.2 Å². The van der Waals surface area contributed by atoms with E-state index in [1.807, 2.05) is 12.1 Å². The van der Waals surface area contributed by atoms with Crippen molar-refractivity contribution >= 4 is 0 Å². The minimum atomic E-state index is -0.0784. The molecule has 2 nitrogen and oxygen atoms in total. The molecule has 2 rings (SSSR count). The molecule has 96 valence electrons. The second-order valence-corrected chi connectivity index (χ2v) is 5.28. The van der Waals surface area contributed by atoms with Crippen molar-refractivity contribution in [3.05, 3.63) is 35.4 Å². The van der Waals surface area contributed by atoms with Gasteiger partial charge in [0.15, 0.2) is 0 Å². The van der Waals surface area contributed by atoms with Crippen molar-refractivity contribution in [2.75, 3.05) is 13.2 Å². The quantitative estimate of drug-likeness (QED) is 0.805. The molecular weight excluding hydrogens is 222 g/mol. The standard InChI is InChI=1S/C16H21NO/c1-13-10-14(2)17(11-13)12-16-7-5-15(6-8-16)4-3-9-18/h5-8,13-14,18H,9-12H2,1-2H3. The first-order valence-corrected chi connectivity index (χ1v) is 6.61. The summed E-state index contributed by atoms with van der Waals surface area (Å²) in [6.07, 6.45) is 1.31. The molecule has 0 amide bonds. The number of likely N-dealkylation sites (tertiary alicyclic amines) is 1. The van der Waals surface area contributed by atoms with Crippen LogP contribution in [0.1, 0.15) is 31.4 Å². The smallest absolute Gasteiger partial charge is 0.104 e. The molecule has 1 aliphatic heterocycles. The van der Waals surface area contributed by atoms with Gasteiger partial charge in [-0.1, -0.05) is 30.9 Å². The van der Waals surface area contributed by atoms with Gasteiger partial charge in [-0.25, -0.2) is 0 Å². The van der Waals surface area contributed by atoms with E-state index < -0.39 is 0 Å². The predicted molar refractivity (Wildman–Crippen MR) is 74.1 cm³/mol. The summed E-state index contributed by atoms with van der Waals surface area (Å²) in [7, 11) is 0. The third-order valence-electron chi connectivity index (χ3n) is 3.56. The lowest BCUT2D eigenvalue weighted by Gasteiger charge is -2.20. The van der Waals surface area contributed by atoms with Gasteiger partial charge in [0.2, 0.25) is 0 Å². The Bertz CT molecular complexity index is 440. The van der Waals surface area contributed by atoms with Crippen LogP contribution in [0.4, 0.5) is 0 Å². The molecule has 1 aromatic rings. The van der Waals surface area contributed by atoms with Crippen LogP contribution in [0.5, 0.6) is 0 Å². The molecule has 0 saturated carbocycles. The van der Waals surface area contributed by atoms with E-state index in [0.29, 0.717) is 6.04 Å². The number of nitrogens with zero attached hydrogens (tertiary/aromatic N) is 1. The van der Waals surface area contributed by atoms with Crippen LogP contribution in [-0.2, 0) is 6.54 Å². The summed E-state index contributed by atoms with van der Waals surface area (Å²) < 4.78 is 0. The molecule has 18 heavy (non-hydrogen) atoms. The van der Waals surface area contributed by atoms with Crippen LogP contribution in [0.15, 0.2) is 24.3 Å². The number of benzene rings is 1. The number of rotatable bonds is 2. The zero-order chi connectivity index (χ0) is 13.0. The number of aliphatic hydroxyl groups excluding tert-OH is 1. The van der Waals surface area contributed by atoms with E-state index in [4.69, 9.17) is 5.11 Å². The van der Waals surface area contributed by atoms with Gasteiger partial charge in [0.25, 0.3) is 0 Å². The molecular formula is C16H21NO. The molecule has 1 heterocycles. The molecule has 2 heteroatoms. The van der Waals surface area contributed by atoms with Gasteiger partial charge in [-0.2, -0.15) is 0 Å². The highest BCUT2D eigenvalue weighted by Crippen LogP contribution is 2.24. The van der Waals surface area contributed by atoms with E-state index in [1.54, 1.807) is 0 Å². The maximum Gasteiger partial charge on any atom is 0.104 e. The fraction of sp³-hybridized carbons (Fsp3) is 0.500. The van der Waals surface area contributed by atoms with Gasteiger partial charge in [-0.05, 0) is 37.0 Å². The summed E-state index contributed by atoms with van der Waals surface area (Å²) in [5.74, 6) is 6.40. The Labute approximate surface area is 110 Å². The van der Waals surface area contributed by atoms with Crippen molar-refractivity contribution in [1.29, 1.82) is 0 Å². The summed E-state index contributed by atoms with van der Waals surface area (Å²) in [4.78, 5) is 2.54. The van der Waals surface area contributed by atoms with E-state index in [2.05, 4.69) is 42.7 Å². The van der Waals surface area contributed by atoms with Crippen LogP contribution in [0, 0.1) is 17.8 Å². The van der Waals surface area contributed by atoms with Crippen molar-refractivity contribution in [2.45, 2.75) is 32.9 Å². The number of aliphatic hydroxyl groups is 1. The summed E-state index contributed by atoms with van der Waals surface area (Å²) >= 11 is 0. The van der Waals surface area contributed by atoms with E-state index in [0.717, 1.165) is 18.0 Å². The van der Waals surface area contributed by atoms with Gasteiger partial charge in [0.05, 0.1) is 0 Å². The van der Waals surface area contributed by atoms with Crippen LogP contribution >= 0.6 is 0 Å². The van der Waals surface area contributed by atoms with Crippen molar-refractivity contribution in [3.63, 3.8) is 0 Å². The molecule has 2 atom stereocenters. The van der Waals surface area contributed by atoms with Crippen molar-refractivity contribution < 1.29 is 5.11 Å². The van der Waals surface area contributed by atoms with Crippen LogP contribution in [0.25, 0.3) is 0 Å². The third kappa shape index (κ3) is 3.35. The predicted octanol–water partition coefficient (Wildman–Crippen LogP) is 2.26. The Morgan fingerprint density at radius 2 is 2.00 bits per heavy atom. The molecule has 2 unspecified atom stereocenters. The van der Waals surface area contributed by atoms with Crippen LogP contribution in [0.2, 0.25) is 0 Å². The van der Waals surface area contributed by atoms with Crippen molar-refractivity contribution in [2.24, 2.45) is 5.92 Å². The first kappa shape index (κ1) is 13.1. The fourth-order valence-electron chi connectivity index (χ4n) is 2.68. The molecule has 0 spiro atoms. The largest absolute Gasteiger partial charge is 0.384 e. The molecule has 1 saturated heterocycles. The lowest BCUT2D eigenvalue weighted by Crippen LogP contribution is -2.26. The zero-order valence-corrected chi connectivity index (χ0v) is 11.2. The van der Waals surface area contributed by atoms with Crippen molar-refractivity contribution in [3.8, 4) is 11.8 Å². The van der Waals surface area contributed by atoms with Gasteiger partial charge in [0, 0.05) is 24.7 Å². The summed E-state index contributed by atoms with van der Waals surface area (Å²) in [6, 6.07) is 9.02. The van der Waals surface area contributed by atoms with Crippen LogP contribution in [0.3, 0.4) is 0 Å². The highest BCUT2D eigenvalue weighted by atomic mass is 16.2. The highest BCUT2D eigenvalue weighted by Gasteiger charge is 2.25. The number of hydrogen-bond acceptors (Lipinski definition) is 2. The molecule has 1 fully saturated rings. The Morgan fingerprint density at radius 3 is 2.56 bits per heavy atom. The van der Waals surface area contributed by atoms with Gasteiger partial charge in [-0.15, -0.1) is 0 Å². The van der Waals surface area contributed by atoms with Crippen molar-refractivity contribution in [1.82, 2.24) is 4.90 Å². The zero-order valence-electron chi connectivity index (χ0n) is 11.2. The molecule has 0 aliphatic carbocycles. The Kier molecular flexibility index (Phi) is 4.41. The maximum absolute atomic E-state index is 8.65. The maximum atomic E-state index is 8.65. The van der Waals surface area contributed by atoms with Gasteiger partial charge in [0.1, 0.15) is 6.61 Å². The summed E-state index contributed by atoms with van der Waals surface area (Å²) in [5, 5.41) is 8.65. The Morgan fingerprint density at radius 1 is 1.28 bits per heavy atom. The van der Waals surface area contributed by atoms with Gasteiger partial charge < -0.3 is 5.11 Å². The Hall–Kier alpha value is -1.30. The molecule has 1 N–H and O–H groups in total. The normalized spacial score (nSPS) is 23.7. The topological polar surface area (TPSA) is 23.5 Å². The van der Waals surface area contributed by atoms with E-state index in [-0.39, 0.29) is 6.61 Å². The lowest BCUT2D eigenvalue weighted by molar-refractivity contribution is 0.256. The minimum absolute atomic E-state index is 0.0784. The molecule has 0 radical (unpaired) electrons. The van der Waals surface area contributed by atoms with Gasteiger partial charge >= 0.3 is 0 Å². The van der Waals surface area contributed by atoms with Crippen LogP contribution < -0.4 is 0 Å². The number of hydrogen-bond donors (Lipinski definition) is 1. The van der Waals surface area contributed by atoms with Gasteiger partial charge in [-0.3, -0.25) is 4.90 Å². The lowest BCUT2D eigenvalue weighted by atomic mass is 10.1. The highest BCUT2D eigenvalue weighted by molar-refractivity contribution is 5.36. The molecule has 1 aliphatic rings. The molecule has 0 bridgehead atoms. The minimum Gasteiger partial charge on any atom is -0.384 e. The summed E-state index contributed by atoms with van der Waals surface area (Å²) in [6.45, 7) is 6.78. The van der Waals surface area contributed by atoms with E-state index in [1.165, 1.54) is 18.5 Å². The van der Waals surface area contributed by atoms with E-state index in [9.17, 15) is 0 Å². The first-order chi connectivity index (χ1) is 8.69. The molecule has 0 aromatic heterocycles. The second kappa shape index (κ2) is 6.04. The molecule has 1 aromatic carbocycles. The SMILES string of the molecule is CC1CC(C)N(Cc2ccc(C#CCO)cc2)C1. The first-order valence-electron chi connectivity index (χ1n) is 6.61. The monoisotopic (exact) mass is 243 g/mol. The average molecular weight is 243 g/mol. The fourth-order valence-corrected chi connectivity index (χ4v) is 2.68. The second-order valence-electron chi connectivity index (χ2n) is 5.28. The third-order valence-corrected chi connectivity index (χ3v) is 3.56. The summed E-state index contributed by atoms with van der Waals surface area (Å²) in [5.41, 5.74) is 2.31. The van der Waals surface area contributed by atoms with E-state index >= 15 is 0 Å². The Balaban J connectivity index is 1.98.